The predicted octanol–water partition coefficient (Wildman–Crippen LogP) is 6.73. The third kappa shape index (κ3) is 5.42. The van der Waals surface area contributed by atoms with Gasteiger partial charge in [-0.1, -0.05) is 70.5 Å². The van der Waals surface area contributed by atoms with Gasteiger partial charge in [-0.25, -0.2) is 0 Å². The number of anilines is 1. The number of nitriles is 1. The van der Waals surface area contributed by atoms with Gasteiger partial charge in [0.1, 0.15) is 24.0 Å². The molecule has 0 aliphatic heterocycles. The summed E-state index contributed by atoms with van der Waals surface area (Å²) >= 11 is 3.42. The molecule has 5 heteroatoms. The molecule has 0 fully saturated rings. The van der Waals surface area contributed by atoms with Crippen LogP contribution in [0.5, 0.6) is 5.75 Å². The second-order valence-corrected chi connectivity index (χ2v) is 8.09. The van der Waals surface area contributed by atoms with Gasteiger partial charge in [-0.05, 0) is 64.4 Å². The summed E-state index contributed by atoms with van der Waals surface area (Å²) in [6.45, 7) is 0.458. The van der Waals surface area contributed by atoms with Crippen molar-refractivity contribution in [2.24, 2.45) is 0 Å². The zero-order valence-electron chi connectivity index (χ0n) is 17.1. The van der Waals surface area contributed by atoms with Gasteiger partial charge in [0, 0.05) is 10.2 Å². The van der Waals surface area contributed by atoms with Crippen LogP contribution in [0.4, 0.5) is 5.69 Å². The smallest absolute Gasteiger partial charge is 0.266 e. The van der Waals surface area contributed by atoms with E-state index in [1.807, 2.05) is 97.1 Å². The molecule has 4 aromatic rings. The Labute approximate surface area is 194 Å². The Morgan fingerprint density at radius 3 is 2.38 bits per heavy atom. The van der Waals surface area contributed by atoms with Crippen molar-refractivity contribution in [2.75, 3.05) is 5.32 Å². The SMILES string of the molecule is N#CC(=Cc1ccc(OCc2ccc(Br)cc2)cc1)C(=O)Nc1ccc2ccccc2c1. The summed E-state index contributed by atoms with van der Waals surface area (Å²) in [4.78, 5) is 12.6. The quantitative estimate of drug-likeness (QED) is 0.244. The lowest BCUT2D eigenvalue weighted by Crippen LogP contribution is -2.13. The summed E-state index contributed by atoms with van der Waals surface area (Å²) in [5.41, 5.74) is 2.48. The number of hydrogen-bond donors (Lipinski definition) is 1. The van der Waals surface area contributed by atoms with Crippen molar-refractivity contribution in [3.63, 3.8) is 0 Å². The van der Waals surface area contributed by atoms with Gasteiger partial charge in [0.05, 0.1) is 0 Å². The monoisotopic (exact) mass is 482 g/mol. The summed E-state index contributed by atoms with van der Waals surface area (Å²) in [7, 11) is 0. The maximum atomic E-state index is 12.6. The Morgan fingerprint density at radius 2 is 1.66 bits per heavy atom. The Kier molecular flexibility index (Phi) is 6.64. The lowest BCUT2D eigenvalue weighted by atomic mass is 10.1. The average Bonchev–Trinajstić information content (AvgIpc) is 2.83. The van der Waals surface area contributed by atoms with Gasteiger partial charge in [0.2, 0.25) is 0 Å². The van der Waals surface area contributed by atoms with Crippen molar-refractivity contribution in [3.8, 4) is 11.8 Å². The van der Waals surface area contributed by atoms with Crippen LogP contribution < -0.4 is 10.1 Å². The summed E-state index contributed by atoms with van der Waals surface area (Å²) in [5, 5.41) is 14.4. The third-order valence-electron chi connectivity index (χ3n) is 4.88. The van der Waals surface area contributed by atoms with Crippen LogP contribution in [0.3, 0.4) is 0 Å². The summed E-state index contributed by atoms with van der Waals surface area (Å²) in [6.07, 6.45) is 1.56. The van der Waals surface area contributed by atoms with Crippen LogP contribution in [0.2, 0.25) is 0 Å². The molecule has 0 aromatic heterocycles. The van der Waals surface area contributed by atoms with E-state index in [0.29, 0.717) is 18.0 Å². The van der Waals surface area contributed by atoms with E-state index in [1.54, 1.807) is 6.08 Å². The molecule has 1 N–H and O–H groups in total. The molecule has 0 unspecified atom stereocenters. The van der Waals surface area contributed by atoms with Crippen molar-refractivity contribution in [3.05, 3.63) is 112 Å². The van der Waals surface area contributed by atoms with Crippen molar-refractivity contribution in [1.82, 2.24) is 0 Å². The highest BCUT2D eigenvalue weighted by Crippen LogP contribution is 2.20. The number of carbonyl (C=O) groups is 1. The van der Waals surface area contributed by atoms with Crippen molar-refractivity contribution in [1.29, 1.82) is 5.26 Å². The number of benzene rings is 4. The van der Waals surface area contributed by atoms with Gasteiger partial charge in [-0.15, -0.1) is 0 Å². The standard InChI is InChI=1S/C27H19BrN2O2/c28-24-10-5-20(6-11-24)18-32-26-13-7-19(8-14-26)15-23(17-29)27(31)30-25-12-9-21-3-1-2-4-22(21)16-25/h1-16H,18H2,(H,30,31). The first-order chi connectivity index (χ1) is 15.6. The number of nitrogens with one attached hydrogen (secondary N) is 1. The summed E-state index contributed by atoms with van der Waals surface area (Å²) < 4.78 is 6.82. The van der Waals surface area contributed by atoms with Crippen molar-refractivity contribution >= 4 is 44.4 Å². The number of hydrogen-bond acceptors (Lipinski definition) is 3. The zero-order valence-corrected chi connectivity index (χ0v) is 18.7. The van der Waals surface area contributed by atoms with E-state index < -0.39 is 5.91 Å². The molecule has 4 nitrogen and oxygen atoms in total. The second kappa shape index (κ2) is 9.95. The first-order valence-corrected chi connectivity index (χ1v) is 10.8. The number of nitrogens with zero attached hydrogens (tertiary/aromatic N) is 1. The van der Waals surface area contributed by atoms with Crippen LogP contribution in [0.1, 0.15) is 11.1 Å². The van der Waals surface area contributed by atoms with Crippen molar-refractivity contribution in [2.45, 2.75) is 6.61 Å². The Morgan fingerprint density at radius 1 is 0.938 bits per heavy atom. The molecule has 0 saturated carbocycles. The first kappa shape index (κ1) is 21.4. The molecule has 0 radical (unpaired) electrons. The van der Waals surface area contributed by atoms with Gasteiger partial charge in [0.25, 0.3) is 5.91 Å². The highest BCUT2D eigenvalue weighted by atomic mass is 79.9. The largest absolute Gasteiger partial charge is 0.489 e. The Balaban J connectivity index is 1.41. The van der Waals surface area contributed by atoms with Crippen molar-refractivity contribution < 1.29 is 9.53 Å². The number of rotatable bonds is 6. The van der Waals surface area contributed by atoms with Crippen LogP contribution in [0.25, 0.3) is 16.8 Å². The topological polar surface area (TPSA) is 62.1 Å². The predicted molar refractivity (Wildman–Crippen MR) is 131 cm³/mol. The molecule has 0 aliphatic carbocycles. The number of carbonyl (C=O) groups excluding carboxylic acids is 1. The molecular weight excluding hydrogens is 464 g/mol. The lowest BCUT2D eigenvalue weighted by Gasteiger charge is -2.07. The van der Waals surface area contributed by atoms with Crippen LogP contribution in [-0.4, -0.2) is 5.91 Å². The minimum Gasteiger partial charge on any atom is -0.489 e. The molecule has 4 rings (SSSR count). The third-order valence-corrected chi connectivity index (χ3v) is 5.41. The molecule has 0 heterocycles. The molecule has 1 amide bonds. The van der Waals surface area contributed by atoms with E-state index in [1.165, 1.54) is 0 Å². The van der Waals surface area contributed by atoms with Gasteiger partial charge in [-0.3, -0.25) is 4.79 Å². The maximum Gasteiger partial charge on any atom is 0.266 e. The number of halogens is 1. The highest BCUT2D eigenvalue weighted by Gasteiger charge is 2.10. The molecule has 32 heavy (non-hydrogen) atoms. The van der Waals surface area contributed by atoms with Gasteiger partial charge < -0.3 is 10.1 Å². The molecular formula is C27H19BrN2O2. The van der Waals surface area contributed by atoms with Gasteiger partial charge >= 0.3 is 0 Å². The van der Waals surface area contributed by atoms with E-state index in [0.717, 1.165) is 26.4 Å². The van der Waals surface area contributed by atoms with Crippen LogP contribution in [0.15, 0.2) is 101 Å². The number of ether oxygens (including phenoxy) is 1. The van der Waals surface area contributed by atoms with Crippen LogP contribution in [0, 0.1) is 11.3 Å². The number of fused-ring (bicyclic) bond motifs is 1. The van der Waals surface area contributed by atoms with E-state index in [-0.39, 0.29) is 5.57 Å². The van der Waals surface area contributed by atoms with E-state index in [4.69, 9.17) is 4.74 Å². The van der Waals surface area contributed by atoms with Crippen LogP contribution in [-0.2, 0) is 11.4 Å². The molecule has 4 aromatic carbocycles. The highest BCUT2D eigenvalue weighted by molar-refractivity contribution is 9.10. The molecule has 0 atom stereocenters. The fraction of sp³-hybridized carbons (Fsp3) is 0.0370. The van der Waals surface area contributed by atoms with Crippen LogP contribution >= 0.6 is 15.9 Å². The van der Waals surface area contributed by atoms with E-state index in [2.05, 4.69) is 21.2 Å². The summed E-state index contributed by atoms with van der Waals surface area (Å²) in [6, 6.07) is 30.7. The maximum absolute atomic E-state index is 12.6. The summed E-state index contributed by atoms with van der Waals surface area (Å²) in [5.74, 6) is 0.266. The molecule has 0 aliphatic rings. The Hall–Kier alpha value is -3.88. The minimum absolute atomic E-state index is 0.0293. The van der Waals surface area contributed by atoms with E-state index >= 15 is 0 Å². The molecule has 0 bridgehead atoms. The molecule has 0 saturated heterocycles. The van der Waals surface area contributed by atoms with Gasteiger partial charge in [0.15, 0.2) is 0 Å². The number of amides is 1. The zero-order chi connectivity index (χ0) is 22.3. The fourth-order valence-electron chi connectivity index (χ4n) is 3.19. The van der Waals surface area contributed by atoms with Gasteiger partial charge in [-0.2, -0.15) is 5.26 Å². The van der Waals surface area contributed by atoms with E-state index in [9.17, 15) is 10.1 Å². The molecule has 0 spiro atoms. The first-order valence-electron chi connectivity index (χ1n) is 10.00. The fourth-order valence-corrected chi connectivity index (χ4v) is 3.45. The molecule has 156 valence electrons. The second-order valence-electron chi connectivity index (χ2n) is 7.17. The average molecular weight is 483 g/mol. The lowest BCUT2D eigenvalue weighted by molar-refractivity contribution is -0.112. The Bertz CT molecular complexity index is 1320. The normalized spacial score (nSPS) is 11.1. The minimum atomic E-state index is -0.446.